The summed E-state index contributed by atoms with van der Waals surface area (Å²) in [6.07, 6.45) is 0. The SMILES string of the molecule is COc1cccc(CN(C(=O)COc2cc(C)c(Cl)c(C)c2)[C@H](C)C(=O)NCC(C)C)c1. The van der Waals surface area contributed by atoms with Crippen LogP contribution in [0.15, 0.2) is 36.4 Å². The van der Waals surface area contributed by atoms with E-state index in [0.29, 0.717) is 29.0 Å². The van der Waals surface area contributed by atoms with Crippen LogP contribution in [0.5, 0.6) is 11.5 Å². The molecule has 0 fully saturated rings. The van der Waals surface area contributed by atoms with E-state index in [0.717, 1.165) is 16.7 Å². The van der Waals surface area contributed by atoms with Crippen molar-refractivity contribution in [2.45, 2.75) is 47.2 Å². The molecular weight excluding hydrogens is 428 g/mol. The Balaban J connectivity index is 2.19. The number of amides is 2. The highest BCUT2D eigenvalue weighted by atomic mass is 35.5. The normalized spacial score (nSPS) is 11.8. The van der Waals surface area contributed by atoms with Crippen molar-refractivity contribution in [2.24, 2.45) is 5.92 Å². The number of carbonyl (C=O) groups excluding carboxylic acids is 2. The lowest BCUT2D eigenvalue weighted by molar-refractivity contribution is -0.142. The molecule has 0 unspecified atom stereocenters. The molecule has 1 atom stereocenters. The van der Waals surface area contributed by atoms with E-state index >= 15 is 0 Å². The van der Waals surface area contributed by atoms with Gasteiger partial charge in [0.15, 0.2) is 6.61 Å². The topological polar surface area (TPSA) is 67.9 Å². The fourth-order valence-electron chi connectivity index (χ4n) is 3.22. The number of carbonyl (C=O) groups is 2. The van der Waals surface area contributed by atoms with Crippen molar-refractivity contribution in [2.75, 3.05) is 20.3 Å². The summed E-state index contributed by atoms with van der Waals surface area (Å²) in [7, 11) is 1.59. The van der Waals surface area contributed by atoms with Crippen molar-refractivity contribution >= 4 is 23.4 Å². The summed E-state index contributed by atoms with van der Waals surface area (Å²) >= 11 is 6.22. The molecule has 0 bridgehead atoms. The summed E-state index contributed by atoms with van der Waals surface area (Å²) in [6, 6.07) is 10.4. The number of nitrogens with zero attached hydrogens (tertiary/aromatic N) is 1. The Morgan fingerprint density at radius 1 is 1.06 bits per heavy atom. The molecule has 0 radical (unpaired) electrons. The van der Waals surface area contributed by atoms with Crippen molar-refractivity contribution in [3.63, 3.8) is 0 Å². The van der Waals surface area contributed by atoms with Gasteiger partial charge in [-0.3, -0.25) is 9.59 Å². The lowest BCUT2D eigenvalue weighted by Gasteiger charge is -2.29. The van der Waals surface area contributed by atoms with Crippen LogP contribution in [0.2, 0.25) is 5.02 Å². The zero-order valence-electron chi connectivity index (χ0n) is 19.7. The van der Waals surface area contributed by atoms with Crippen LogP contribution in [0.25, 0.3) is 0 Å². The van der Waals surface area contributed by atoms with Crippen LogP contribution in [0.1, 0.15) is 37.5 Å². The number of aryl methyl sites for hydroxylation is 2. The van der Waals surface area contributed by atoms with E-state index in [9.17, 15) is 9.59 Å². The zero-order chi connectivity index (χ0) is 23.8. The van der Waals surface area contributed by atoms with E-state index in [-0.39, 0.29) is 25.0 Å². The molecule has 2 amide bonds. The monoisotopic (exact) mass is 460 g/mol. The summed E-state index contributed by atoms with van der Waals surface area (Å²) in [5.74, 6) is 1.08. The number of benzene rings is 2. The quantitative estimate of drug-likeness (QED) is 0.565. The predicted octanol–water partition coefficient (Wildman–Crippen LogP) is 4.53. The number of hydrogen-bond acceptors (Lipinski definition) is 4. The van der Waals surface area contributed by atoms with Crippen molar-refractivity contribution in [1.82, 2.24) is 10.2 Å². The molecule has 174 valence electrons. The van der Waals surface area contributed by atoms with E-state index in [2.05, 4.69) is 5.32 Å². The Hall–Kier alpha value is -2.73. The maximum Gasteiger partial charge on any atom is 0.261 e. The van der Waals surface area contributed by atoms with Crippen molar-refractivity contribution in [3.05, 3.63) is 58.1 Å². The van der Waals surface area contributed by atoms with E-state index in [1.165, 1.54) is 4.90 Å². The molecule has 0 saturated carbocycles. The number of nitrogens with one attached hydrogen (secondary N) is 1. The van der Waals surface area contributed by atoms with Crippen LogP contribution in [0, 0.1) is 19.8 Å². The fourth-order valence-corrected chi connectivity index (χ4v) is 3.33. The highest BCUT2D eigenvalue weighted by molar-refractivity contribution is 6.32. The first-order chi connectivity index (χ1) is 15.1. The van der Waals surface area contributed by atoms with Crippen molar-refractivity contribution in [1.29, 1.82) is 0 Å². The van der Waals surface area contributed by atoms with Crippen LogP contribution in [0.3, 0.4) is 0 Å². The highest BCUT2D eigenvalue weighted by Crippen LogP contribution is 2.26. The molecule has 0 saturated heterocycles. The molecule has 2 rings (SSSR count). The second-order valence-electron chi connectivity index (χ2n) is 8.35. The second kappa shape index (κ2) is 11.8. The first-order valence-electron chi connectivity index (χ1n) is 10.7. The Bertz CT molecular complexity index is 922. The Kier molecular flexibility index (Phi) is 9.39. The Morgan fingerprint density at radius 3 is 2.31 bits per heavy atom. The average molecular weight is 461 g/mol. The first kappa shape index (κ1) is 25.5. The molecule has 2 aromatic carbocycles. The molecule has 0 aliphatic carbocycles. The van der Waals surface area contributed by atoms with Gasteiger partial charge in [0.2, 0.25) is 5.91 Å². The first-order valence-corrected chi connectivity index (χ1v) is 11.1. The number of ether oxygens (including phenoxy) is 2. The largest absolute Gasteiger partial charge is 0.497 e. The second-order valence-corrected chi connectivity index (χ2v) is 8.73. The molecule has 32 heavy (non-hydrogen) atoms. The van der Waals surface area contributed by atoms with Crippen molar-refractivity contribution in [3.8, 4) is 11.5 Å². The van der Waals surface area contributed by atoms with Crippen LogP contribution >= 0.6 is 11.6 Å². The summed E-state index contributed by atoms with van der Waals surface area (Å²) < 4.78 is 11.1. The number of hydrogen-bond donors (Lipinski definition) is 1. The number of methoxy groups -OCH3 is 1. The van der Waals surface area contributed by atoms with Crippen LogP contribution in [0.4, 0.5) is 0 Å². The lowest BCUT2D eigenvalue weighted by Crippen LogP contribution is -2.49. The van der Waals surface area contributed by atoms with Gasteiger partial charge in [-0.2, -0.15) is 0 Å². The lowest BCUT2D eigenvalue weighted by atomic mass is 10.1. The van der Waals surface area contributed by atoms with Gasteiger partial charge in [-0.25, -0.2) is 0 Å². The van der Waals surface area contributed by atoms with Gasteiger partial charge in [-0.15, -0.1) is 0 Å². The summed E-state index contributed by atoms with van der Waals surface area (Å²) in [4.78, 5) is 27.4. The van der Waals surface area contributed by atoms with Crippen LogP contribution in [-0.2, 0) is 16.1 Å². The number of halogens is 1. The minimum absolute atomic E-state index is 0.188. The molecule has 7 heteroatoms. The van der Waals surface area contributed by atoms with E-state index < -0.39 is 6.04 Å². The molecule has 0 aliphatic heterocycles. The fraction of sp³-hybridized carbons (Fsp3) is 0.440. The molecule has 0 aromatic heterocycles. The minimum atomic E-state index is -0.662. The van der Waals surface area contributed by atoms with Crippen LogP contribution < -0.4 is 14.8 Å². The maximum absolute atomic E-state index is 13.2. The molecule has 0 aliphatic rings. The average Bonchev–Trinajstić information content (AvgIpc) is 2.77. The van der Waals surface area contributed by atoms with E-state index in [1.54, 1.807) is 26.2 Å². The van der Waals surface area contributed by atoms with Gasteiger partial charge >= 0.3 is 0 Å². The molecule has 6 nitrogen and oxygen atoms in total. The van der Waals surface area contributed by atoms with Gasteiger partial charge in [0.25, 0.3) is 5.91 Å². The highest BCUT2D eigenvalue weighted by Gasteiger charge is 2.26. The van der Waals surface area contributed by atoms with Crippen LogP contribution in [-0.4, -0.2) is 43.0 Å². The van der Waals surface area contributed by atoms with Crippen molar-refractivity contribution < 1.29 is 19.1 Å². The molecule has 0 spiro atoms. The van der Waals surface area contributed by atoms with E-state index in [1.807, 2.05) is 52.0 Å². The predicted molar refractivity (Wildman–Crippen MR) is 127 cm³/mol. The van der Waals surface area contributed by atoms with Gasteiger partial charge < -0.3 is 19.7 Å². The molecule has 2 aromatic rings. The Labute approximate surface area is 195 Å². The molecule has 1 N–H and O–H groups in total. The third kappa shape index (κ3) is 7.16. The van der Waals surface area contributed by atoms with Gasteiger partial charge in [-0.05, 0) is 67.6 Å². The Morgan fingerprint density at radius 2 is 1.72 bits per heavy atom. The van der Waals surface area contributed by atoms with Gasteiger partial charge in [-0.1, -0.05) is 37.6 Å². The standard InChI is InChI=1S/C25H33ClN2O4/c1-16(2)13-27-25(30)19(5)28(14-20-8-7-9-21(12-20)31-6)23(29)15-32-22-10-17(3)24(26)18(4)11-22/h7-12,16,19H,13-15H2,1-6H3,(H,27,30)/t19-/m1/s1. The van der Waals surface area contributed by atoms with E-state index in [4.69, 9.17) is 21.1 Å². The maximum atomic E-state index is 13.2. The minimum Gasteiger partial charge on any atom is -0.497 e. The third-order valence-corrected chi connectivity index (χ3v) is 5.71. The molecular formula is C25H33ClN2O4. The summed E-state index contributed by atoms with van der Waals surface area (Å²) in [5.41, 5.74) is 2.62. The third-order valence-electron chi connectivity index (χ3n) is 5.11. The molecule has 0 heterocycles. The van der Waals surface area contributed by atoms with Gasteiger partial charge in [0, 0.05) is 18.1 Å². The number of rotatable bonds is 10. The summed E-state index contributed by atoms with van der Waals surface area (Å²) in [5, 5.41) is 3.59. The van der Waals surface area contributed by atoms with Gasteiger partial charge in [0.05, 0.1) is 7.11 Å². The van der Waals surface area contributed by atoms with Gasteiger partial charge in [0.1, 0.15) is 17.5 Å². The summed E-state index contributed by atoms with van der Waals surface area (Å²) in [6.45, 7) is 10.2. The zero-order valence-corrected chi connectivity index (χ0v) is 20.5. The smallest absolute Gasteiger partial charge is 0.261 e.